The van der Waals surface area contributed by atoms with Gasteiger partial charge < -0.3 is 15.0 Å². The van der Waals surface area contributed by atoms with Crippen LogP contribution in [0.1, 0.15) is 20.7 Å². The van der Waals surface area contributed by atoms with Crippen molar-refractivity contribution < 1.29 is 14.3 Å². The van der Waals surface area contributed by atoms with E-state index in [4.69, 9.17) is 4.74 Å². The van der Waals surface area contributed by atoms with Gasteiger partial charge in [0.1, 0.15) is 11.6 Å². The highest BCUT2D eigenvalue weighted by atomic mass is 16.5. The smallest absolute Gasteiger partial charge is 0.343 e. The van der Waals surface area contributed by atoms with E-state index in [2.05, 4.69) is 15.3 Å². The summed E-state index contributed by atoms with van der Waals surface area (Å²) in [6, 6.07) is 13.4. The Kier molecular flexibility index (Phi) is 4.38. The third-order valence-corrected chi connectivity index (χ3v) is 3.42. The molecule has 0 aliphatic rings. The van der Waals surface area contributed by atoms with Crippen molar-refractivity contribution in [3.8, 4) is 17.1 Å². The van der Waals surface area contributed by atoms with Crippen LogP contribution in [0.2, 0.25) is 0 Å². The molecule has 3 aromatic rings. The predicted molar refractivity (Wildman–Crippen MR) is 88.8 cm³/mol. The van der Waals surface area contributed by atoms with Crippen molar-refractivity contribution in [2.45, 2.75) is 0 Å². The molecule has 0 bridgehead atoms. The largest absolute Gasteiger partial charge is 0.423 e. The number of imidazole rings is 1. The molecule has 1 amide bonds. The maximum absolute atomic E-state index is 12.2. The van der Waals surface area contributed by atoms with Crippen molar-refractivity contribution in [3.05, 3.63) is 72.1 Å². The topological polar surface area (TPSA) is 84.1 Å². The Bertz CT molecular complexity index is 855. The summed E-state index contributed by atoms with van der Waals surface area (Å²) in [5.41, 5.74) is 1.60. The molecular formula is C18H15N3O3. The van der Waals surface area contributed by atoms with E-state index in [-0.39, 0.29) is 5.91 Å². The second-order valence-electron chi connectivity index (χ2n) is 5.01. The number of benzene rings is 2. The molecule has 2 N–H and O–H groups in total. The van der Waals surface area contributed by atoms with Crippen molar-refractivity contribution in [2.24, 2.45) is 0 Å². The number of esters is 1. The molecule has 0 spiro atoms. The third kappa shape index (κ3) is 3.33. The third-order valence-electron chi connectivity index (χ3n) is 3.42. The van der Waals surface area contributed by atoms with E-state index in [1.54, 1.807) is 42.7 Å². The Morgan fingerprint density at radius 1 is 1.08 bits per heavy atom. The summed E-state index contributed by atoms with van der Waals surface area (Å²) in [6.45, 7) is 0. The standard InChI is InChI=1S/C18H15N3O3/c1-19-17(22)13-3-2-4-14(11-13)18(23)24-15-7-5-12(6-8-15)16-20-9-10-21-16/h2-11H,1H3,(H,19,22)(H,20,21). The van der Waals surface area contributed by atoms with E-state index >= 15 is 0 Å². The van der Waals surface area contributed by atoms with Gasteiger partial charge in [-0.3, -0.25) is 4.79 Å². The highest BCUT2D eigenvalue weighted by molar-refractivity contribution is 5.98. The van der Waals surface area contributed by atoms with E-state index in [0.717, 1.165) is 11.4 Å². The molecule has 3 rings (SSSR count). The molecule has 2 aromatic carbocycles. The zero-order chi connectivity index (χ0) is 16.9. The van der Waals surface area contributed by atoms with Gasteiger partial charge in [0.2, 0.25) is 0 Å². The SMILES string of the molecule is CNC(=O)c1cccc(C(=O)Oc2ccc(-c3ncc[nH]3)cc2)c1. The lowest BCUT2D eigenvalue weighted by Crippen LogP contribution is -2.18. The molecule has 0 unspecified atom stereocenters. The lowest BCUT2D eigenvalue weighted by atomic mass is 10.1. The molecule has 0 saturated carbocycles. The average Bonchev–Trinajstić information content (AvgIpc) is 3.16. The average molecular weight is 321 g/mol. The molecule has 1 aromatic heterocycles. The van der Waals surface area contributed by atoms with Gasteiger partial charge in [-0.2, -0.15) is 0 Å². The summed E-state index contributed by atoms with van der Waals surface area (Å²) in [5, 5.41) is 2.52. The minimum absolute atomic E-state index is 0.257. The number of carbonyl (C=O) groups excluding carboxylic acids is 2. The number of aromatic amines is 1. The van der Waals surface area contributed by atoms with Gasteiger partial charge >= 0.3 is 5.97 Å². The predicted octanol–water partition coefficient (Wildman–Crippen LogP) is 2.66. The van der Waals surface area contributed by atoms with Crippen molar-refractivity contribution >= 4 is 11.9 Å². The first-order chi connectivity index (χ1) is 11.7. The van der Waals surface area contributed by atoms with Crippen molar-refractivity contribution in [1.29, 1.82) is 0 Å². The van der Waals surface area contributed by atoms with Crippen LogP contribution < -0.4 is 10.1 Å². The number of amides is 1. The quantitative estimate of drug-likeness (QED) is 0.571. The lowest BCUT2D eigenvalue weighted by Gasteiger charge is -2.06. The van der Waals surface area contributed by atoms with Crippen LogP contribution in [0.3, 0.4) is 0 Å². The fraction of sp³-hybridized carbons (Fsp3) is 0.0556. The highest BCUT2D eigenvalue weighted by Crippen LogP contribution is 2.20. The zero-order valence-electron chi connectivity index (χ0n) is 12.9. The molecule has 120 valence electrons. The van der Waals surface area contributed by atoms with E-state index in [1.165, 1.54) is 13.1 Å². The molecule has 6 heteroatoms. The summed E-state index contributed by atoms with van der Waals surface area (Å²) < 4.78 is 5.34. The first-order valence-electron chi connectivity index (χ1n) is 7.31. The van der Waals surface area contributed by atoms with Gasteiger partial charge in [0, 0.05) is 30.6 Å². The molecule has 0 radical (unpaired) electrons. The fourth-order valence-corrected chi connectivity index (χ4v) is 2.20. The van der Waals surface area contributed by atoms with Gasteiger partial charge in [-0.15, -0.1) is 0 Å². The molecule has 0 atom stereocenters. The molecule has 0 aliphatic heterocycles. The lowest BCUT2D eigenvalue weighted by molar-refractivity contribution is 0.0735. The Labute approximate surface area is 138 Å². The van der Waals surface area contributed by atoms with Crippen molar-refractivity contribution in [3.63, 3.8) is 0 Å². The molecule has 24 heavy (non-hydrogen) atoms. The number of aromatic nitrogens is 2. The van der Waals surface area contributed by atoms with Crippen LogP contribution in [-0.2, 0) is 0 Å². The molecule has 0 aliphatic carbocycles. The molecule has 1 heterocycles. The van der Waals surface area contributed by atoms with E-state index in [0.29, 0.717) is 16.9 Å². The van der Waals surface area contributed by atoms with Gasteiger partial charge in [0.15, 0.2) is 0 Å². The molecule has 6 nitrogen and oxygen atoms in total. The van der Waals surface area contributed by atoms with Crippen LogP contribution in [0.4, 0.5) is 0 Å². The Hall–Kier alpha value is -3.41. The first kappa shape index (κ1) is 15.5. The molecule has 0 fully saturated rings. The second kappa shape index (κ2) is 6.78. The molecule has 0 saturated heterocycles. The number of H-pyrrole nitrogens is 1. The monoisotopic (exact) mass is 321 g/mol. The minimum atomic E-state index is -0.522. The normalized spacial score (nSPS) is 10.2. The summed E-state index contributed by atoms with van der Waals surface area (Å²) in [5.74, 6) is 0.380. The van der Waals surface area contributed by atoms with Crippen LogP contribution in [0, 0.1) is 0 Å². The second-order valence-corrected chi connectivity index (χ2v) is 5.01. The van der Waals surface area contributed by atoms with Gasteiger partial charge in [0.25, 0.3) is 5.91 Å². The van der Waals surface area contributed by atoms with E-state index < -0.39 is 5.97 Å². The first-order valence-corrected chi connectivity index (χ1v) is 7.31. The van der Waals surface area contributed by atoms with Crippen molar-refractivity contribution in [1.82, 2.24) is 15.3 Å². The van der Waals surface area contributed by atoms with Crippen LogP contribution in [-0.4, -0.2) is 28.9 Å². The zero-order valence-corrected chi connectivity index (χ0v) is 12.9. The number of rotatable bonds is 4. The van der Waals surface area contributed by atoms with Crippen LogP contribution in [0.25, 0.3) is 11.4 Å². The number of hydrogen-bond donors (Lipinski definition) is 2. The minimum Gasteiger partial charge on any atom is -0.423 e. The highest BCUT2D eigenvalue weighted by Gasteiger charge is 2.12. The van der Waals surface area contributed by atoms with Crippen LogP contribution in [0.15, 0.2) is 60.9 Å². The van der Waals surface area contributed by atoms with E-state index in [1.807, 2.05) is 12.1 Å². The van der Waals surface area contributed by atoms with Gasteiger partial charge in [-0.25, -0.2) is 9.78 Å². The van der Waals surface area contributed by atoms with Gasteiger partial charge in [-0.05, 0) is 42.5 Å². The number of nitrogens with zero attached hydrogens (tertiary/aromatic N) is 1. The van der Waals surface area contributed by atoms with Gasteiger partial charge in [-0.1, -0.05) is 6.07 Å². The molecular weight excluding hydrogens is 306 g/mol. The summed E-state index contributed by atoms with van der Waals surface area (Å²) in [4.78, 5) is 31.0. The van der Waals surface area contributed by atoms with Crippen LogP contribution >= 0.6 is 0 Å². The van der Waals surface area contributed by atoms with Crippen molar-refractivity contribution in [2.75, 3.05) is 7.05 Å². The summed E-state index contributed by atoms with van der Waals surface area (Å²) in [6.07, 6.45) is 3.41. The Morgan fingerprint density at radius 2 is 1.83 bits per heavy atom. The van der Waals surface area contributed by atoms with Crippen LogP contribution in [0.5, 0.6) is 5.75 Å². The maximum Gasteiger partial charge on any atom is 0.343 e. The number of ether oxygens (including phenoxy) is 1. The Balaban J connectivity index is 1.74. The number of nitrogens with one attached hydrogen (secondary N) is 2. The Morgan fingerprint density at radius 3 is 2.50 bits per heavy atom. The number of carbonyl (C=O) groups is 2. The summed E-state index contributed by atoms with van der Waals surface area (Å²) in [7, 11) is 1.54. The number of hydrogen-bond acceptors (Lipinski definition) is 4. The maximum atomic E-state index is 12.2. The van der Waals surface area contributed by atoms with E-state index in [9.17, 15) is 9.59 Å². The fourth-order valence-electron chi connectivity index (χ4n) is 2.20. The van der Waals surface area contributed by atoms with Gasteiger partial charge in [0.05, 0.1) is 5.56 Å². The summed E-state index contributed by atoms with van der Waals surface area (Å²) >= 11 is 0.